The zero-order valence-corrected chi connectivity index (χ0v) is 16.3. The Morgan fingerprint density at radius 2 is 1.71 bits per heavy atom. The van der Waals surface area contributed by atoms with Crippen molar-refractivity contribution in [2.24, 2.45) is 0 Å². The summed E-state index contributed by atoms with van der Waals surface area (Å²) in [5.74, 6) is -1.49. The molecule has 0 aliphatic carbocycles. The van der Waals surface area contributed by atoms with Crippen molar-refractivity contribution in [2.45, 2.75) is 4.90 Å². The van der Waals surface area contributed by atoms with E-state index in [1.165, 1.54) is 23.9 Å². The molecule has 0 N–H and O–H groups in total. The minimum atomic E-state index is -0.607. The van der Waals surface area contributed by atoms with Crippen LogP contribution in [0.4, 0.5) is 10.1 Å². The van der Waals surface area contributed by atoms with E-state index in [0.717, 1.165) is 15.9 Å². The SMILES string of the molecule is O=C1C(Sc2ccccc2)=C(N2CCOCC2)C(=O)N1c1ccc(F)c(Cl)c1. The first-order valence-electron chi connectivity index (χ1n) is 8.70. The summed E-state index contributed by atoms with van der Waals surface area (Å²) < 4.78 is 18.9. The summed E-state index contributed by atoms with van der Waals surface area (Å²) in [5.41, 5.74) is 0.596. The van der Waals surface area contributed by atoms with Crippen molar-refractivity contribution in [3.05, 3.63) is 70.0 Å². The molecule has 2 aliphatic heterocycles. The van der Waals surface area contributed by atoms with Gasteiger partial charge < -0.3 is 9.64 Å². The van der Waals surface area contributed by atoms with Crippen molar-refractivity contribution < 1.29 is 18.7 Å². The molecule has 2 aliphatic rings. The van der Waals surface area contributed by atoms with E-state index in [4.69, 9.17) is 16.3 Å². The fraction of sp³-hybridized carbons (Fsp3) is 0.200. The highest BCUT2D eigenvalue weighted by Gasteiger charge is 2.42. The van der Waals surface area contributed by atoms with Gasteiger partial charge in [-0.05, 0) is 30.3 Å². The van der Waals surface area contributed by atoms with Crippen LogP contribution in [0.3, 0.4) is 0 Å². The number of hydrogen-bond donors (Lipinski definition) is 0. The highest BCUT2D eigenvalue weighted by atomic mass is 35.5. The van der Waals surface area contributed by atoms with E-state index >= 15 is 0 Å². The van der Waals surface area contributed by atoms with E-state index in [0.29, 0.717) is 36.9 Å². The van der Waals surface area contributed by atoms with Crippen LogP contribution < -0.4 is 4.90 Å². The second kappa shape index (κ2) is 7.95. The zero-order valence-electron chi connectivity index (χ0n) is 14.7. The third-order valence-corrected chi connectivity index (χ3v) is 5.84. The van der Waals surface area contributed by atoms with Crippen molar-refractivity contribution >= 4 is 40.9 Å². The van der Waals surface area contributed by atoms with Gasteiger partial charge in [-0.2, -0.15) is 0 Å². The van der Waals surface area contributed by atoms with E-state index in [-0.39, 0.29) is 10.7 Å². The molecule has 144 valence electrons. The lowest BCUT2D eigenvalue weighted by atomic mass is 10.2. The van der Waals surface area contributed by atoms with Gasteiger partial charge in [0.05, 0.1) is 23.9 Å². The van der Waals surface area contributed by atoms with Crippen molar-refractivity contribution in [3.8, 4) is 0 Å². The normalized spacial score (nSPS) is 17.6. The van der Waals surface area contributed by atoms with Crippen molar-refractivity contribution in [2.75, 3.05) is 31.2 Å². The minimum absolute atomic E-state index is 0.143. The van der Waals surface area contributed by atoms with Gasteiger partial charge in [0, 0.05) is 18.0 Å². The molecule has 0 unspecified atom stereocenters. The van der Waals surface area contributed by atoms with Gasteiger partial charge in [-0.3, -0.25) is 9.59 Å². The van der Waals surface area contributed by atoms with Crippen molar-refractivity contribution in [1.29, 1.82) is 0 Å². The standard InChI is InChI=1S/C20H16ClFN2O3S/c21-15-12-13(6-7-16(15)22)24-19(25)17(23-8-10-27-11-9-23)18(20(24)26)28-14-4-2-1-3-5-14/h1-7,12H,8-11H2. The van der Waals surface area contributed by atoms with Gasteiger partial charge in [0.25, 0.3) is 11.8 Å². The number of thioether (sulfide) groups is 1. The van der Waals surface area contributed by atoms with E-state index in [1.54, 1.807) is 0 Å². The van der Waals surface area contributed by atoms with E-state index in [9.17, 15) is 14.0 Å². The molecule has 2 aromatic rings. The summed E-state index contributed by atoms with van der Waals surface area (Å²) in [6, 6.07) is 13.2. The molecule has 4 rings (SSSR count). The minimum Gasteiger partial charge on any atom is -0.378 e. The van der Waals surface area contributed by atoms with Crippen LogP contribution in [0.15, 0.2) is 64.0 Å². The number of halogens is 2. The first kappa shape index (κ1) is 19.0. The van der Waals surface area contributed by atoms with Crippen LogP contribution in [0, 0.1) is 5.82 Å². The summed E-state index contributed by atoms with van der Waals surface area (Å²) in [6.07, 6.45) is 0. The van der Waals surface area contributed by atoms with Gasteiger partial charge in [-0.25, -0.2) is 9.29 Å². The Bertz CT molecular complexity index is 961. The lowest BCUT2D eigenvalue weighted by Gasteiger charge is -2.29. The average Bonchev–Trinajstić information content (AvgIpc) is 2.95. The fourth-order valence-corrected chi connectivity index (χ4v) is 4.32. The number of anilines is 1. The maximum Gasteiger partial charge on any atom is 0.283 e. The largest absolute Gasteiger partial charge is 0.378 e. The van der Waals surface area contributed by atoms with Gasteiger partial charge in [0.1, 0.15) is 16.4 Å². The molecule has 0 atom stereocenters. The zero-order chi connectivity index (χ0) is 19.7. The molecule has 2 aromatic carbocycles. The Balaban J connectivity index is 1.75. The molecule has 0 spiro atoms. The van der Waals surface area contributed by atoms with Crippen molar-refractivity contribution in [1.82, 2.24) is 4.90 Å². The molecule has 0 saturated carbocycles. The Hall–Kier alpha value is -2.35. The molecule has 0 radical (unpaired) electrons. The number of amides is 2. The predicted octanol–water partition coefficient (Wildman–Crippen LogP) is 3.69. The quantitative estimate of drug-likeness (QED) is 0.709. The van der Waals surface area contributed by atoms with E-state index < -0.39 is 17.6 Å². The molecule has 0 bridgehead atoms. The maximum absolute atomic E-state index is 13.6. The van der Waals surface area contributed by atoms with Crippen LogP contribution in [0.1, 0.15) is 0 Å². The second-order valence-electron chi connectivity index (χ2n) is 6.24. The molecular weight excluding hydrogens is 403 g/mol. The van der Waals surface area contributed by atoms with E-state index in [1.807, 2.05) is 35.2 Å². The van der Waals surface area contributed by atoms with Gasteiger partial charge in [0.2, 0.25) is 0 Å². The molecule has 1 saturated heterocycles. The molecular formula is C20H16ClFN2O3S. The number of carbonyl (C=O) groups excluding carboxylic acids is 2. The number of nitrogens with zero attached hydrogens (tertiary/aromatic N) is 2. The number of morpholine rings is 1. The molecule has 5 nitrogen and oxygen atoms in total. The maximum atomic E-state index is 13.6. The first-order valence-corrected chi connectivity index (χ1v) is 9.89. The summed E-state index contributed by atoms with van der Waals surface area (Å²) in [4.78, 5) is 30.6. The van der Waals surface area contributed by atoms with Crippen LogP contribution in [0.5, 0.6) is 0 Å². The summed E-state index contributed by atoms with van der Waals surface area (Å²) in [6.45, 7) is 2.00. The summed E-state index contributed by atoms with van der Waals surface area (Å²) in [7, 11) is 0. The lowest BCUT2D eigenvalue weighted by molar-refractivity contribution is -0.121. The third kappa shape index (κ3) is 3.53. The van der Waals surface area contributed by atoms with E-state index in [2.05, 4.69) is 0 Å². The van der Waals surface area contributed by atoms with Crippen LogP contribution in [0.25, 0.3) is 0 Å². The molecule has 28 heavy (non-hydrogen) atoms. The smallest absolute Gasteiger partial charge is 0.283 e. The number of imide groups is 1. The van der Waals surface area contributed by atoms with Crippen molar-refractivity contribution in [3.63, 3.8) is 0 Å². The number of hydrogen-bond acceptors (Lipinski definition) is 5. The summed E-state index contributed by atoms with van der Waals surface area (Å²) >= 11 is 7.12. The Labute approximate surface area is 170 Å². The van der Waals surface area contributed by atoms with Crippen LogP contribution >= 0.6 is 23.4 Å². The fourth-order valence-electron chi connectivity index (χ4n) is 3.12. The second-order valence-corrected chi connectivity index (χ2v) is 7.73. The lowest BCUT2D eigenvalue weighted by Crippen LogP contribution is -2.40. The summed E-state index contributed by atoms with van der Waals surface area (Å²) in [5, 5.41) is -0.143. The number of carbonyl (C=O) groups is 2. The van der Waals surface area contributed by atoms with Crippen LogP contribution in [-0.4, -0.2) is 43.0 Å². The van der Waals surface area contributed by atoms with Crippen LogP contribution in [-0.2, 0) is 14.3 Å². The number of ether oxygens (including phenoxy) is 1. The average molecular weight is 419 g/mol. The number of rotatable bonds is 4. The van der Waals surface area contributed by atoms with Gasteiger partial charge >= 0.3 is 0 Å². The first-order chi connectivity index (χ1) is 13.6. The topological polar surface area (TPSA) is 49.9 Å². The molecule has 0 aromatic heterocycles. The molecule has 2 amide bonds. The third-order valence-electron chi connectivity index (χ3n) is 4.47. The monoisotopic (exact) mass is 418 g/mol. The predicted molar refractivity (Wildman–Crippen MR) is 106 cm³/mol. The van der Waals surface area contributed by atoms with Crippen LogP contribution in [0.2, 0.25) is 5.02 Å². The Kier molecular flexibility index (Phi) is 5.39. The van der Waals surface area contributed by atoms with Gasteiger partial charge in [-0.15, -0.1) is 0 Å². The highest BCUT2D eigenvalue weighted by molar-refractivity contribution is 8.04. The van der Waals surface area contributed by atoms with Gasteiger partial charge in [0.15, 0.2) is 0 Å². The highest BCUT2D eigenvalue weighted by Crippen LogP contribution is 2.39. The Morgan fingerprint density at radius 1 is 1.00 bits per heavy atom. The Morgan fingerprint density at radius 3 is 2.39 bits per heavy atom. The van der Waals surface area contributed by atoms with Gasteiger partial charge in [-0.1, -0.05) is 41.6 Å². The number of benzene rings is 2. The molecule has 2 heterocycles. The molecule has 8 heteroatoms. The molecule has 1 fully saturated rings.